The van der Waals surface area contributed by atoms with Gasteiger partial charge < -0.3 is 11.1 Å². The highest BCUT2D eigenvalue weighted by molar-refractivity contribution is 5.83. The maximum absolute atomic E-state index is 12.2. The maximum Gasteiger partial charge on any atom is 0.227 e. The molecule has 1 aromatic carbocycles. The van der Waals surface area contributed by atoms with Gasteiger partial charge in [0.1, 0.15) is 0 Å². The van der Waals surface area contributed by atoms with Crippen LogP contribution in [0.4, 0.5) is 0 Å². The highest BCUT2D eigenvalue weighted by Gasteiger charge is 2.40. The number of amides is 1. The number of aryl methyl sites for hydroxylation is 1. The summed E-state index contributed by atoms with van der Waals surface area (Å²) in [5.41, 5.74) is 7.32. The van der Waals surface area contributed by atoms with Crippen LogP contribution in [-0.2, 0) is 17.8 Å². The first-order valence-electron chi connectivity index (χ1n) is 6.83. The summed E-state index contributed by atoms with van der Waals surface area (Å²) in [5.74, 6) is -0.0143. The zero-order chi connectivity index (χ0) is 14.7. The van der Waals surface area contributed by atoms with Crippen molar-refractivity contribution in [2.75, 3.05) is 0 Å². The van der Waals surface area contributed by atoms with E-state index in [0.29, 0.717) is 6.54 Å². The van der Waals surface area contributed by atoms with Crippen LogP contribution in [0.2, 0.25) is 0 Å². The molecule has 0 aliphatic rings. The van der Waals surface area contributed by atoms with Crippen molar-refractivity contribution >= 4 is 5.91 Å². The largest absolute Gasteiger partial charge is 0.352 e. The number of benzene rings is 1. The van der Waals surface area contributed by atoms with E-state index in [1.165, 1.54) is 5.56 Å². The lowest BCUT2D eigenvalue weighted by Crippen LogP contribution is -2.55. The van der Waals surface area contributed by atoms with Crippen LogP contribution in [0.5, 0.6) is 0 Å². The van der Waals surface area contributed by atoms with Crippen LogP contribution in [0.3, 0.4) is 0 Å². The van der Waals surface area contributed by atoms with Crippen molar-refractivity contribution in [3.05, 3.63) is 35.4 Å². The molecule has 19 heavy (non-hydrogen) atoms. The Morgan fingerprint density at radius 3 is 2.00 bits per heavy atom. The topological polar surface area (TPSA) is 55.1 Å². The second-order valence-corrected chi connectivity index (χ2v) is 6.20. The van der Waals surface area contributed by atoms with Crippen molar-refractivity contribution in [3.63, 3.8) is 0 Å². The average molecular weight is 262 g/mol. The van der Waals surface area contributed by atoms with Gasteiger partial charge in [-0.15, -0.1) is 0 Å². The Balaban J connectivity index is 2.63. The molecule has 0 heterocycles. The second kappa shape index (κ2) is 5.74. The summed E-state index contributed by atoms with van der Waals surface area (Å²) in [5, 5.41) is 2.96. The molecule has 3 N–H and O–H groups in total. The SMILES string of the molecule is CCc1ccc(CNC(=O)C(C)(C)C(C)(C)N)cc1. The zero-order valence-electron chi connectivity index (χ0n) is 12.7. The lowest BCUT2D eigenvalue weighted by atomic mass is 9.74. The monoisotopic (exact) mass is 262 g/mol. The first-order valence-corrected chi connectivity index (χ1v) is 6.83. The molecule has 0 aromatic heterocycles. The van der Waals surface area contributed by atoms with Crippen LogP contribution in [0.1, 0.15) is 45.7 Å². The number of hydrogen-bond donors (Lipinski definition) is 2. The Kier molecular flexibility index (Phi) is 4.75. The first kappa shape index (κ1) is 15.7. The van der Waals surface area contributed by atoms with Gasteiger partial charge >= 0.3 is 0 Å². The van der Waals surface area contributed by atoms with Crippen LogP contribution in [0.15, 0.2) is 24.3 Å². The van der Waals surface area contributed by atoms with Crippen molar-refractivity contribution < 1.29 is 4.79 Å². The molecule has 3 heteroatoms. The van der Waals surface area contributed by atoms with E-state index in [1.807, 2.05) is 27.7 Å². The summed E-state index contributed by atoms with van der Waals surface area (Å²) in [6.07, 6.45) is 1.03. The lowest BCUT2D eigenvalue weighted by Gasteiger charge is -2.36. The Hall–Kier alpha value is -1.35. The molecule has 0 atom stereocenters. The van der Waals surface area contributed by atoms with Crippen LogP contribution >= 0.6 is 0 Å². The van der Waals surface area contributed by atoms with E-state index in [1.54, 1.807) is 0 Å². The molecule has 0 saturated carbocycles. The molecule has 1 amide bonds. The zero-order valence-corrected chi connectivity index (χ0v) is 12.7. The maximum atomic E-state index is 12.2. The third-order valence-corrected chi connectivity index (χ3v) is 4.06. The van der Waals surface area contributed by atoms with Gasteiger partial charge in [-0.25, -0.2) is 0 Å². The van der Waals surface area contributed by atoms with Crippen molar-refractivity contribution in [2.45, 2.75) is 53.1 Å². The molecular formula is C16H26N2O. The van der Waals surface area contributed by atoms with E-state index < -0.39 is 11.0 Å². The normalized spacial score (nSPS) is 12.3. The van der Waals surface area contributed by atoms with E-state index in [2.05, 4.69) is 36.5 Å². The van der Waals surface area contributed by atoms with Crippen LogP contribution in [0, 0.1) is 5.41 Å². The number of nitrogens with two attached hydrogens (primary N) is 1. The molecule has 106 valence electrons. The smallest absolute Gasteiger partial charge is 0.227 e. The summed E-state index contributed by atoms with van der Waals surface area (Å²) in [4.78, 5) is 12.2. The third kappa shape index (κ3) is 3.80. The summed E-state index contributed by atoms with van der Waals surface area (Å²) in [7, 11) is 0. The molecule has 0 aliphatic heterocycles. The highest BCUT2D eigenvalue weighted by Crippen LogP contribution is 2.28. The van der Waals surface area contributed by atoms with Gasteiger partial charge in [0, 0.05) is 12.1 Å². The van der Waals surface area contributed by atoms with Crippen LogP contribution in [0.25, 0.3) is 0 Å². The second-order valence-electron chi connectivity index (χ2n) is 6.20. The van der Waals surface area contributed by atoms with E-state index in [9.17, 15) is 4.79 Å². The van der Waals surface area contributed by atoms with E-state index in [0.717, 1.165) is 12.0 Å². The number of hydrogen-bond acceptors (Lipinski definition) is 2. The fourth-order valence-corrected chi connectivity index (χ4v) is 1.59. The van der Waals surface area contributed by atoms with Crippen molar-refractivity contribution in [1.29, 1.82) is 0 Å². The molecule has 0 unspecified atom stereocenters. The Bertz CT molecular complexity index is 427. The van der Waals surface area contributed by atoms with Gasteiger partial charge in [-0.1, -0.05) is 31.2 Å². The molecular weight excluding hydrogens is 236 g/mol. The van der Waals surface area contributed by atoms with Gasteiger partial charge in [0.15, 0.2) is 0 Å². The Morgan fingerprint density at radius 1 is 1.11 bits per heavy atom. The molecule has 0 aliphatic carbocycles. The predicted molar refractivity (Wildman–Crippen MR) is 79.7 cm³/mol. The van der Waals surface area contributed by atoms with Gasteiger partial charge in [0.05, 0.1) is 5.41 Å². The number of nitrogens with one attached hydrogen (secondary N) is 1. The lowest BCUT2D eigenvalue weighted by molar-refractivity contribution is -0.132. The minimum absolute atomic E-state index is 0.0143. The predicted octanol–water partition coefficient (Wildman–Crippen LogP) is 2.63. The molecule has 0 radical (unpaired) electrons. The van der Waals surface area contributed by atoms with E-state index in [-0.39, 0.29) is 5.91 Å². The molecule has 0 bridgehead atoms. The summed E-state index contributed by atoms with van der Waals surface area (Å²) in [6, 6.07) is 8.30. The van der Waals surface area contributed by atoms with Gasteiger partial charge in [-0.05, 0) is 45.2 Å². The summed E-state index contributed by atoms with van der Waals surface area (Å²) >= 11 is 0. The average Bonchev–Trinajstić information content (AvgIpc) is 2.35. The van der Waals surface area contributed by atoms with Gasteiger partial charge in [0.25, 0.3) is 0 Å². The number of carbonyl (C=O) groups excluding carboxylic acids is 1. The minimum atomic E-state index is -0.601. The van der Waals surface area contributed by atoms with Crippen LogP contribution in [-0.4, -0.2) is 11.4 Å². The van der Waals surface area contributed by atoms with Crippen molar-refractivity contribution in [1.82, 2.24) is 5.32 Å². The summed E-state index contributed by atoms with van der Waals surface area (Å²) < 4.78 is 0. The van der Waals surface area contributed by atoms with Gasteiger partial charge in [0.2, 0.25) is 5.91 Å². The first-order chi connectivity index (χ1) is 8.68. The third-order valence-electron chi connectivity index (χ3n) is 4.06. The molecule has 1 aromatic rings. The number of rotatable bonds is 5. The molecule has 0 saturated heterocycles. The molecule has 3 nitrogen and oxygen atoms in total. The Labute approximate surface area is 116 Å². The number of carbonyl (C=O) groups is 1. The highest BCUT2D eigenvalue weighted by atomic mass is 16.2. The van der Waals surface area contributed by atoms with Gasteiger partial charge in [-0.2, -0.15) is 0 Å². The van der Waals surface area contributed by atoms with Gasteiger partial charge in [-0.3, -0.25) is 4.79 Å². The summed E-state index contributed by atoms with van der Waals surface area (Å²) in [6.45, 7) is 10.2. The van der Waals surface area contributed by atoms with E-state index in [4.69, 9.17) is 5.73 Å². The Morgan fingerprint density at radius 2 is 1.58 bits per heavy atom. The van der Waals surface area contributed by atoms with Crippen molar-refractivity contribution in [2.24, 2.45) is 11.1 Å². The molecule has 0 fully saturated rings. The van der Waals surface area contributed by atoms with Crippen LogP contribution < -0.4 is 11.1 Å². The fourth-order valence-electron chi connectivity index (χ4n) is 1.59. The quantitative estimate of drug-likeness (QED) is 0.857. The van der Waals surface area contributed by atoms with E-state index >= 15 is 0 Å². The van der Waals surface area contributed by atoms with Crippen molar-refractivity contribution in [3.8, 4) is 0 Å². The molecule has 1 rings (SSSR count). The standard InChI is InChI=1S/C16H26N2O/c1-6-12-7-9-13(10-8-12)11-18-14(19)15(2,3)16(4,5)17/h7-10H,6,11,17H2,1-5H3,(H,18,19). The molecule has 0 spiro atoms. The fraction of sp³-hybridized carbons (Fsp3) is 0.562. The minimum Gasteiger partial charge on any atom is -0.352 e.